The highest BCUT2D eigenvalue weighted by molar-refractivity contribution is 7.46. The van der Waals surface area contributed by atoms with Crippen molar-refractivity contribution in [3.8, 4) is 11.3 Å². The van der Waals surface area contributed by atoms with Gasteiger partial charge in [-0.3, -0.25) is 14.7 Å². The minimum atomic E-state index is -5.24. The first-order chi connectivity index (χ1) is 26.6. The molecule has 0 spiro atoms. The number of amides is 2. The molecule has 45 heavy (non-hydrogen) atoms. The molecule has 0 saturated carbocycles. The average molecular weight is 647 g/mol. The van der Waals surface area contributed by atoms with Crippen LogP contribution in [0.15, 0.2) is 79.3 Å². The lowest BCUT2D eigenvalue weighted by Crippen LogP contribution is -2.48. The first kappa shape index (κ1) is 18.9. The molecule has 14 nitrogen and oxygen atoms in total. The van der Waals surface area contributed by atoms with Crippen molar-refractivity contribution in [2.75, 3.05) is 43.4 Å². The van der Waals surface area contributed by atoms with Crippen LogP contribution in [0.5, 0.6) is 0 Å². The van der Waals surface area contributed by atoms with E-state index in [9.17, 15) is 14.2 Å². The van der Waals surface area contributed by atoms with Crippen molar-refractivity contribution in [2.45, 2.75) is 13.3 Å². The van der Waals surface area contributed by atoms with Gasteiger partial charge in [-0.05, 0) is 60.4 Å². The Morgan fingerprint density at radius 1 is 1.09 bits per heavy atom. The molecule has 1 fully saturated rings. The zero-order valence-electron chi connectivity index (χ0n) is 35.8. The minimum absolute atomic E-state index is 0.0239. The van der Waals surface area contributed by atoms with Crippen molar-refractivity contribution in [3.63, 3.8) is 0 Å². The summed E-state index contributed by atoms with van der Waals surface area (Å²) in [5.41, 5.74) is 0.417. The number of anilines is 3. The number of phosphoric acid groups is 1. The fourth-order valence-corrected chi connectivity index (χ4v) is 3.77. The monoisotopic (exact) mass is 646 g/mol. The second kappa shape index (κ2) is 14.4. The van der Waals surface area contributed by atoms with Gasteiger partial charge in [0.2, 0.25) is 12.7 Å². The topological polar surface area (TPSA) is 179 Å². The predicted molar refractivity (Wildman–Crippen MR) is 165 cm³/mol. The molecular weight excluding hydrogens is 601 g/mol. The molecule has 4 N–H and O–H groups in total. The van der Waals surface area contributed by atoms with E-state index in [-0.39, 0.29) is 28.5 Å². The average Bonchev–Trinajstić information content (AvgIpc) is 3.10. The molecule has 5 rings (SSSR count). The summed E-state index contributed by atoms with van der Waals surface area (Å²) in [4.78, 5) is 55.3. The van der Waals surface area contributed by atoms with Crippen LogP contribution in [-0.2, 0) is 20.3 Å². The van der Waals surface area contributed by atoms with Crippen LogP contribution in [0, 0.1) is 6.85 Å². The van der Waals surface area contributed by atoms with Crippen molar-refractivity contribution < 1.29 is 51.0 Å². The minimum Gasteiger partial charge on any atom is -0.422 e. The molecule has 0 atom stereocenters. The van der Waals surface area contributed by atoms with Gasteiger partial charge < -0.3 is 30.1 Å². The molecule has 1 saturated heterocycles. The summed E-state index contributed by atoms with van der Waals surface area (Å²) in [6.45, 7) is -23.2. The third-order valence-corrected chi connectivity index (χ3v) is 6.10. The number of hydrogen-bond donors (Lipinski definition) is 4. The summed E-state index contributed by atoms with van der Waals surface area (Å²) in [7, 11) is -5.24. The van der Waals surface area contributed by atoms with E-state index in [0.717, 1.165) is 24.3 Å². The van der Waals surface area contributed by atoms with Gasteiger partial charge >= 0.3 is 13.9 Å². The number of phosphoric ester groups is 1. The third kappa shape index (κ3) is 9.14. The Bertz CT molecular complexity index is 2200. The SMILES string of the molecule is [2H]C([2H])([2H])c1ccc(NC(=O)c2ccc(C([2H])([2H])N3C([2H])([2H])C([2H])([2H])N(C(=O)OCOP(=O)(O)O)C([2H])([2H])C3([2H])[2H])cc2)cc1Nc1nccc(-c2cccnc2)n1. The first-order valence-corrected chi connectivity index (χ1v) is 14.2. The zero-order valence-corrected chi connectivity index (χ0v) is 23.7. The second-order valence-electron chi connectivity index (χ2n) is 8.80. The maximum absolute atomic E-state index is 13.3. The van der Waals surface area contributed by atoms with Crippen molar-refractivity contribution in [2.24, 2.45) is 0 Å². The lowest BCUT2D eigenvalue weighted by atomic mass is 10.1. The quantitative estimate of drug-likeness (QED) is 0.143. The molecule has 1 aliphatic heterocycles. The first-order valence-electron chi connectivity index (χ1n) is 19.2. The van der Waals surface area contributed by atoms with Gasteiger partial charge in [-0.2, -0.15) is 0 Å². The number of aromatic nitrogens is 3. The van der Waals surface area contributed by atoms with Gasteiger partial charge in [-0.25, -0.2) is 23.9 Å². The summed E-state index contributed by atoms with van der Waals surface area (Å²) in [6, 6.07) is 13.0. The molecule has 3 heterocycles. The van der Waals surface area contributed by atoms with Gasteiger partial charge in [0.05, 0.1) is 11.2 Å². The highest BCUT2D eigenvalue weighted by Crippen LogP contribution is 2.35. The lowest BCUT2D eigenvalue weighted by Gasteiger charge is -2.34. The Balaban J connectivity index is 1.39. The van der Waals surface area contributed by atoms with Gasteiger partial charge in [0.15, 0.2) is 0 Å². The van der Waals surface area contributed by atoms with Crippen molar-refractivity contribution in [1.29, 1.82) is 0 Å². The number of carbonyl (C=O) groups is 2. The summed E-state index contributed by atoms with van der Waals surface area (Å²) < 4.78 is 128. The lowest BCUT2D eigenvalue weighted by molar-refractivity contribution is 0.0119. The number of rotatable bonds is 10. The Labute approximate surface area is 277 Å². The number of piperazine rings is 1. The number of pyridine rings is 1. The van der Waals surface area contributed by atoms with Crippen molar-refractivity contribution in [3.05, 3.63) is 95.9 Å². The van der Waals surface area contributed by atoms with E-state index in [1.807, 2.05) is 0 Å². The molecule has 0 radical (unpaired) electrons. The summed E-state index contributed by atoms with van der Waals surface area (Å²) in [5, 5.41) is 5.44. The number of carbonyl (C=O) groups excluding carboxylic acids is 2. The van der Waals surface area contributed by atoms with E-state index in [1.54, 1.807) is 30.6 Å². The van der Waals surface area contributed by atoms with Crippen LogP contribution in [0.1, 0.15) is 39.3 Å². The van der Waals surface area contributed by atoms with Crippen LogP contribution in [0.2, 0.25) is 0 Å². The highest BCUT2D eigenvalue weighted by Gasteiger charge is 2.23. The standard InChI is InChI=1S/C30H32N7O7P/c1-21-4-9-25(17-27(21)35-29-32-12-10-26(34-29)24-3-2-11-31-18-24)33-28(38)23-7-5-22(6-8-23)19-36-13-15-37(16-14-36)30(39)43-20-44-45(40,41)42/h2-12,17-18H,13-16,19-20H2,1H3,(H,33,38)(H,32,34,35)(H2,40,41,42)/i1D3,13D2,14D2,15D2,16D2,19D2. The van der Waals surface area contributed by atoms with Crippen LogP contribution < -0.4 is 10.6 Å². The Morgan fingerprint density at radius 2 is 1.89 bits per heavy atom. The summed E-state index contributed by atoms with van der Waals surface area (Å²) in [5.74, 6) is -0.771. The molecule has 15 heteroatoms. The van der Waals surface area contributed by atoms with Crippen molar-refractivity contribution in [1.82, 2.24) is 24.8 Å². The third-order valence-electron chi connectivity index (χ3n) is 5.66. The van der Waals surface area contributed by atoms with E-state index in [4.69, 9.17) is 27.6 Å². The number of ether oxygens (including phenoxy) is 1. The van der Waals surface area contributed by atoms with Crippen LogP contribution in [0.3, 0.4) is 0 Å². The largest absolute Gasteiger partial charge is 0.472 e. The fraction of sp³-hybridized carbons (Fsp3) is 0.233. The fourth-order valence-electron chi connectivity index (χ4n) is 3.58. The Morgan fingerprint density at radius 3 is 2.60 bits per heavy atom. The maximum atomic E-state index is 13.3. The zero-order chi connectivity index (χ0) is 43.3. The maximum Gasteiger partial charge on any atom is 0.472 e. The molecular formula is C30H32N7O7P. The predicted octanol–water partition coefficient (Wildman–Crippen LogP) is 4.16. The van der Waals surface area contributed by atoms with Crippen LogP contribution in [0.4, 0.5) is 22.1 Å². The molecule has 4 aromatic rings. The Hall–Kier alpha value is -4.72. The molecule has 1 aliphatic rings. The number of aryl methyl sites for hydroxylation is 1. The van der Waals surface area contributed by atoms with E-state index in [1.165, 1.54) is 24.4 Å². The van der Waals surface area contributed by atoms with Crippen molar-refractivity contribution >= 4 is 37.1 Å². The van der Waals surface area contributed by atoms with E-state index < -0.39 is 81.3 Å². The second-order valence-corrected chi connectivity index (χ2v) is 10.0. The van der Waals surface area contributed by atoms with E-state index in [2.05, 4.69) is 34.8 Å². The molecule has 0 unspecified atom stereocenters. The molecule has 234 valence electrons. The van der Waals surface area contributed by atoms with Gasteiger partial charge in [0.1, 0.15) is 0 Å². The molecule has 2 aromatic heterocycles. The molecule has 0 bridgehead atoms. The number of nitrogens with zero attached hydrogens (tertiary/aromatic N) is 5. The van der Waals surface area contributed by atoms with Crippen LogP contribution in [0.25, 0.3) is 11.3 Å². The molecule has 2 aromatic carbocycles. The van der Waals surface area contributed by atoms with Gasteiger partial charge in [0, 0.05) is 85.9 Å². The molecule has 0 aliphatic carbocycles. The molecule has 2 amide bonds. The summed E-state index contributed by atoms with van der Waals surface area (Å²) >= 11 is 0. The number of hydrogen-bond acceptors (Lipinski definition) is 10. The van der Waals surface area contributed by atoms with Gasteiger partial charge in [0.25, 0.3) is 5.91 Å². The van der Waals surface area contributed by atoms with Crippen LogP contribution in [-0.4, -0.2) is 79.3 Å². The van der Waals surface area contributed by atoms with E-state index >= 15 is 0 Å². The Kier molecular flexibility index (Phi) is 6.05. The smallest absolute Gasteiger partial charge is 0.422 e. The van der Waals surface area contributed by atoms with Gasteiger partial charge in [-0.1, -0.05) is 18.2 Å². The number of benzene rings is 2. The number of nitrogens with one attached hydrogen (secondary N) is 2. The summed E-state index contributed by atoms with van der Waals surface area (Å²) in [6.07, 6.45) is 2.48. The normalized spacial score (nSPS) is 23.1. The van der Waals surface area contributed by atoms with E-state index in [0.29, 0.717) is 11.3 Å². The van der Waals surface area contributed by atoms with Crippen LogP contribution >= 0.6 is 7.82 Å². The highest BCUT2D eigenvalue weighted by atomic mass is 31.2. The van der Waals surface area contributed by atoms with Gasteiger partial charge in [-0.15, -0.1) is 0 Å².